The fourth-order valence-corrected chi connectivity index (χ4v) is 5.48. The van der Waals surface area contributed by atoms with Crippen LogP contribution in [-0.4, -0.2) is 84.8 Å². The summed E-state index contributed by atoms with van der Waals surface area (Å²) in [6.45, 7) is 10.3. The molecule has 37 heavy (non-hydrogen) atoms. The van der Waals surface area contributed by atoms with E-state index in [1.54, 1.807) is 6.20 Å². The Morgan fingerprint density at radius 2 is 2.03 bits per heavy atom. The molecule has 2 atom stereocenters. The van der Waals surface area contributed by atoms with Crippen LogP contribution < -0.4 is 10.1 Å². The molecule has 2 saturated heterocycles. The van der Waals surface area contributed by atoms with E-state index in [0.717, 1.165) is 82.3 Å². The van der Waals surface area contributed by atoms with Gasteiger partial charge in [0.25, 0.3) is 0 Å². The molecule has 1 aromatic carbocycles. The van der Waals surface area contributed by atoms with Crippen LogP contribution in [0.25, 0.3) is 10.9 Å². The number of morpholine rings is 1. The van der Waals surface area contributed by atoms with Gasteiger partial charge in [-0.3, -0.25) is 19.6 Å². The van der Waals surface area contributed by atoms with Crippen molar-refractivity contribution >= 4 is 16.8 Å². The summed E-state index contributed by atoms with van der Waals surface area (Å²) in [5.41, 5.74) is 3.39. The maximum absolute atomic E-state index is 13.2. The maximum Gasteiger partial charge on any atom is 0.224 e. The van der Waals surface area contributed by atoms with Crippen molar-refractivity contribution in [1.29, 1.82) is 0 Å². The summed E-state index contributed by atoms with van der Waals surface area (Å²) in [5.74, 6) is 1.16. The lowest BCUT2D eigenvalue weighted by molar-refractivity contribution is -0.127. The van der Waals surface area contributed by atoms with Crippen LogP contribution in [0.5, 0.6) is 5.75 Å². The van der Waals surface area contributed by atoms with Gasteiger partial charge in [-0.05, 0) is 50.1 Å². The smallest absolute Gasteiger partial charge is 0.224 e. The number of amides is 1. The molecule has 8 heteroatoms. The Hall–Kier alpha value is -2.94. The number of para-hydroxylation sites is 1. The van der Waals surface area contributed by atoms with E-state index >= 15 is 0 Å². The topological polar surface area (TPSA) is 82.7 Å². The van der Waals surface area contributed by atoms with Crippen molar-refractivity contribution in [2.75, 3.05) is 59.1 Å². The monoisotopic (exact) mass is 505 g/mol. The Morgan fingerprint density at radius 3 is 2.86 bits per heavy atom. The predicted octanol–water partition coefficient (Wildman–Crippen LogP) is 3.23. The normalized spacial score (nSPS) is 21.2. The summed E-state index contributed by atoms with van der Waals surface area (Å²) < 4.78 is 11.5. The maximum atomic E-state index is 13.2. The highest BCUT2D eigenvalue weighted by Gasteiger charge is 2.32. The number of carbonyl (C=O) groups is 1. The number of hydrogen-bond acceptors (Lipinski definition) is 6. The van der Waals surface area contributed by atoms with Gasteiger partial charge in [-0.15, -0.1) is 0 Å². The lowest BCUT2D eigenvalue weighted by Gasteiger charge is -2.37. The first-order chi connectivity index (χ1) is 18.1. The standard InChI is InChI=1S/C29H39N5O3/c1-22-7-8-26(17-31-22)37-21-23-15-24(29(35)30-9-4-10-33-11-13-36-14-12-33)19-34(18-23)20-25-16-32-28-6-3-2-5-27(25)28/h2-3,5-8,16-17,23-24,32H,4,9-15,18-21H2,1H3,(H,30,35)/t23-,24+/m0/s1. The van der Waals surface area contributed by atoms with Crippen LogP contribution in [0.15, 0.2) is 48.8 Å². The van der Waals surface area contributed by atoms with Gasteiger partial charge in [0.05, 0.1) is 31.9 Å². The quantitative estimate of drug-likeness (QED) is 0.412. The number of pyridine rings is 1. The highest BCUT2D eigenvalue weighted by atomic mass is 16.5. The number of fused-ring (bicyclic) bond motifs is 1. The molecule has 2 N–H and O–H groups in total. The molecular weight excluding hydrogens is 466 g/mol. The molecular formula is C29H39N5O3. The van der Waals surface area contributed by atoms with Gasteiger partial charge in [0, 0.05) is 68.0 Å². The first kappa shape index (κ1) is 25.7. The molecule has 3 aromatic rings. The van der Waals surface area contributed by atoms with Gasteiger partial charge in [-0.2, -0.15) is 0 Å². The molecule has 0 saturated carbocycles. The Morgan fingerprint density at radius 1 is 1.16 bits per heavy atom. The number of aromatic nitrogens is 2. The van der Waals surface area contributed by atoms with Crippen molar-refractivity contribution < 1.29 is 14.3 Å². The van der Waals surface area contributed by atoms with Crippen molar-refractivity contribution in [1.82, 2.24) is 25.1 Å². The van der Waals surface area contributed by atoms with Crippen LogP contribution >= 0.6 is 0 Å². The van der Waals surface area contributed by atoms with Crippen molar-refractivity contribution in [3.63, 3.8) is 0 Å². The Kier molecular flexibility index (Phi) is 8.71. The number of nitrogens with zero attached hydrogens (tertiary/aromatic N) is 3. The van der Waals surface area contributed by atoms with E-state index in [2.05, 4.69) is 55.5 Å². The number of rotatable bonds is 10. The first-order valence-electron chi connectivity index (χ1n) is 13.5. The van der Waals surface area contributed by atoms with Gasteiger partial charge in [-0.25, -0.2) is 0 Å². The number of H-pyrrole nitrogens is 1. The molecule has 8 nitrogen and oxygen atoms in total. The fraction of sp³-hybridized carbons (Fsp3) is 0.517. The molecule has 5 rings (SSSR count). The molecule has 2 aliphatic rings. The van der Waals surface area contributed by atoms with Crippen molar-refractivity contribution in [3.8, 4) is 5.75 Å². The van der Waals surface area contributed by atoms with Crippen LogP contribution in [0.4, 0.5) is 0 Å². The average molecular weight is 506 g/mol. The Balaban J connectivity index is 1.19. The number of benzene rings is 1. The molecule has 2 fully saturated rings. The molecule has 198 valence electrons. The molecule has 0 unspecified atom stereocenters. The van der Waals surface area contributed by atoms with Crippen LogP contribution in [0.1, 0.15) is 24.1 Å². The zero-order valence-corrected chi connectivity index (χ0v) is 21.8. The average Bonchev–Trinajstić information content (AvgIpc) is 3.34. The summed E-state index contributed by atoms with van der Waals surface area (Å²) in [6, 6.07) is 12.3. The van der Waals surface area contributed by atoms with Crippen LogP contribution in [0, 0.1) is 18.8 Å². The number of ether oxygens (including phenoxy) is 2. The van der Waals surface area contributed by atoms with Gasteiger partial charge < -0.3 is 19.8 Å². The van der Waals surface area contributed by atoms with Crippen LogP contribution in [-0.2, 0) is 16.1 Å². The van der Waals surface area contributed by atoms with Crippen LogP contribution in [0.2, 0.25) is 0 Å². The summed E-state index contributed by atoms with van der Waals surface area (Å²) in [4.78, 5) is 25.8. The lowest BCUT2D eigenvalue weighted by atomic mass is 9.88. The second kappa shape index (κ2) is 12.5. The number of hydrogen-bond donors (Lipinski definition) is 2. The van der Waals surface area contributed by atoms with E-state index < -0.39 is 0 Å². The second-order valence-corrected chi connectivity index (χ2v) is 10.4. The minimum absolute atomic E-state index is 0.0490. The zero-order valence-electron chi connectivity index (χ0n) is 21.8. The number of likely N-dealkylation sites (tertiary alicyclic amines) is 1. The van der Waals surface area contributed by atoms with E-state index in [-0.39, 0.29) is 17.7 Å². The number of carbonyl (C=O) groups excluding carboxylic acids is 1. The molecule has 4 heterocycles. The summed E-state index contributed by atoms with van der Waals surface area (Å²) in [6.07, 6.45) is 5.67. The molecule has 2 aliphatic heterocycles. The molecule has 1 amide bonds. The largest absolute Gasteiger partial charge is 0.492 e. The highest BCUT2D eigenvalue weighted by Crippen LogP contribution is 2.27. The number of aromatic amines is 1. The fourth-order valence-electron chi connectivity index (χ4n) is 5.48. The van der Waals surface area contributed by atoms with Crippen molar-refractivity contribution in [3.05, 3.63) is 60.0 Å². The number of nitrogens with one attached hydrogen (secondary N) is 2. The van der Waals surface area contributed by atoms with E-state index in [1.807, 2.05) is 19.1 Å². The number of aryl methyl sites for hydroxylation is 1. The summed E-state index contributed by atoms with van der Waals surface area (Å²) in [5, 5.41) is 4.47. The number of piperidine rings is 1. The third-order valence-corrected chi connectivity index (χ3v) is 7.48. The molecule has 2 aromatic heterocycles. The zero-order chi connectivity index (χ0) is 25.5. The minimum Gasteiger partial charge on any atom is -0.492 e. The van der Waals surface area contributed by atoms with E-state index in [4.69, 9.17) is 9.47 Å². The molecule has 0 radical (unpaired) electrons. The van der Waals surface area contributed by atoms with Gasteiger partial charge in [0.1, 0.15) is 5.75 Å². The van der Waals surface area contributed by atoms with Crippen LogP contribution in [0.3, 0.4) is 0 Å². The van der Waals surface area contributed by atoms with Gasteiger partial charge in [-0.1, -0.05) is 18.2 Å². The third-order valence-electron chi connectivity index (χ3n) is 7.48. The Labute approximate surface area is 219 Å². The van der Waals surface area contributed by atoms with E-state index in [9.17, 15) is 4.79 Å². The SMILES string of the molecule is Cc1ccc(OC[C@H]2C[C@@H](C(=O)NCCCN3CCOCC3)CN(Cc3c[nH]c4ccccc34)C2)cn1. The predicted molar refractivity (Wildman–Crippen MR) is 145 cm³/mol. The van der Waals surface area contributed by atoms with E-state index in [0.29, 0.717) is 13.2 Å². The molecule has 0 bridgehead atoms. The summed E-state index contributed by atoms with van der Waals surface area (Å²) in [7, 11) is 0. The lowest BCUT2D eigenvalue weighted by Crippen LogP contribution is -2.47. The Bertz CT molecular complexity index is 1140. The highest BCUT2D eigenvalue weighted by molar-refractivity contribution is 5.83. The van der Waals surface area contributed by atoms with Crippen molar-refractivity contribution in [2.45, 2.75) is 26.3 Å². The molecule has 0 aliphatic carbocycles. The first-order valence-corrected chi connectivity index (χ1v) is 13.5. The van der Waals surface area contributed by atoms with Gasteiger partial charge in [0.15, 0.2) is 0 Å². The van der Waals surface area contributed by atoms with E-state index in [1.165, 1.54) is 10.9 Å². The third kappa shape index (κ3) is 7.09. The second-order valence-electron chi connectivity index (χ2n) is 10.4. The van der Waals surface area contributed by atoms with Gasteiger partial charge in [0.2, 0.25) is 5.91 Å². The molecule has 0 spiro atoms. The minimum atomic E-state index is -0.0490. The van der Waals surface area contributed by atoms with Gasteiger partial charge >= 0.3 is 0 Å². The summed E-state index contributed by atoms with van der Waals surface area (Å²) >= 11 is 0. The van der Waals surface area contributed by atoms with Crippen molar-refractivity contribution in [2.24, 2.45) is 11.8 Å².